The van der Waals surface area contributed by atoms with E-state index in [0.29, 0.717) is 5.92 Å². The molecule has 0 N–H and O–H groups in total. The Hall–Kier alpha value is -1.25. The number of alkyl halides is 3. The molecule has 1 aromatic rings. The molecule has 24 heavy (non-hydrogen) atoms. The first-order valence-corrected chi connectivity index (χ1v) is 9.26. The summed E-state index contributed by atoms with van der Waals surface area (Å²) < 4.78 is 37.9. The molecular weight excluding hydrogens is 309 g/mol. The van der Waals surface area contributed by atoms with Crippen molar-refractivity contribution >= 4 is 5.57 Å². The molecule has 0 aromatic heterocycles. The minimum atomic E-state index is -4.26. The first-order valence-electron chi connectivity index (χ1n) is 9.26. The Labute approximate surface area is 144 Å². The quantitative estimate of drug-likeness (QED) is 0.471. The number of unbranched alkanes of at least 4 members (excludes halogenated alkanes) is 2. The first kappa shape index (κ1) is 19.1. The molecule has 0 amide bonds. The van der Waals surface area contributed by atoms with Crippen molar-refractivity contribution in [1.82, 2.24) is 0 Å². The first-order chi connectivity index (χ1) is 11.4. The van der Waals surface area contributed by atoms with E-state index in [9.17, 15) is 13.2 Å². The van der Waals surface area contributed by atoms with Crippen LogP contribution in [0.2, 0.25) is 0 Å². The summed E-state index contributed by atoms with van der Waals surface area (Å²) in [5.41, 5.74) is 1.41. The summed E-state index contributed by atoms with van der Waals surface area (Å²) in [6.07, 6.45) is 8.38. The van der Waals surface area contributed by atoms with Gasteiger partial charge in [0.15, 0.2) is 0 Å². The minimum absolute atomic E-state index is 0.577. The lowest BCUT2D eigenvalue weighted by atomic mass is 9.79. The fourth-order valence-corrected chi connectivity index (χ4v) is 3.70. The van der Waals surface area contributed by atoms with E-state index in [4.69, 9.17) is 0 Å². The number of benzene rings is 1. The molecule has 1 aromatic carbocycles. The average molecular weight is 338 g/mol. The zero-order chi connectivity index (χ0) is 17.6. The number of allylic oxidation sites excluding steroid dienone is 2. The average Bonchev–Trinajstić information content (AvgIpc) is 2.56. The largest absolute Gasteiger partial charge is 0.416 e. The van der Waals surface area contributed by atoms with E-state index in [-0.39, 0.29) is 0 Å². The monoisotopic (exact) mass is 338 g/mol. The molecule has 134 valence electrons. The van der Waals surface area contributed by atoms with Crippen LogP contribution >= 0.6 is 0 Å². The molecule has 0 saturated heterocycles. The predicted molar refractivity (Wildman–Crippen MR) is 94.7 cm³/mol. The lowest BCUT2D eigenvalue weighted by Crippen LogP contribution is -2.13. The van der Waals surface area contributed by atoms with Gasteiger partial charge in [-0.05, 0) is 67.7 Å². The molecule has 0 bridgehead atoms. The van der Waals surface area contributed by atoms with Crippen molar-refractivity contribution in [2.45, 2.75) is 71.4 Å². The van der Waals surface area contributed by atoms with Gasteiger partial charge in [0.05, 0.1) is 5.56 Å². The standard InChI is InChI=1S/C21H29F3/c1-3-4-5-6-17-7-9-18(10-8-17)15-16(2)19-11-13-20(14-12-19)21(22,23)24/h11-15,17-18H,3-10H2,1-2H3. The summed E-state index contributed by atoms with van der Waals surface area (Å²) in [6.45, 7) is 4.25. The normalized spacial score (nSPS) is 22.6. The molecule has 0 atom stereocenters. The van der Waals surface area contributed by atoms with E-state index in [2.05, 4.69) is 13.0 Å². The van der Waals surface area contributed by atoms with Gasteiger partial charge < -0.3 is 0 Å². The summed E-state index contributed by atoms with van der Waals surface area (Å²) in [7, 11) is 0. The Morgan fingerprint density at radius 2 is 1.67 bits per heavy atom. The lowest BCUT2D eigenvalue weighted by Gasteiger charge is -2.27. The highest BCUT2D eigenvalue weighted by molar-refractivity contribution is 5.64. The van der Waals surface area contributed by atoms with Gasteiger partial charge in [-0.1, -0.05) is 50.8 Å². The molecule has 0 radical (unpaired) electrons. The van der Waals surface area contributed by atoms with Crippen LogP contribution in [0.25, 0.3) is 5.57 Å². The highest BCUT2D eigenvalue weighted by Crippen LogP contribution is 2.35. The second kappa shape index (κ2) is 8.73. The van der Waals surface area contributed by atoms with Crippen LogP contribution in [0.4, 0.5) is 13.2 Å². The summed E-state index contributed by atoms with van der Waals surface area (Å²) >= 11 is 0. The number of rotatable bonds is 6. The number of halogens is 3. The second-order valence-electron chi connectivity index (χ2n) is 7.20. The topological polar surface area (TPSA) is 0 Å². The molecule has 1 fully saturated rings. The van der Waals surface area contributed by atoms with Gasteiger partial charge in [0.2, 0.25) is 0 Å². The molecule has 0 unspecified atom stereocenters. The van der Waals surface area contributed by atoms with Crippen LogP contribution in [0.15, 0.2) is 30.3 Å². The zero-order valence-corrected chi connectivity index (χ0v) is 14.8. The highest BCUT2D eigenvalue weighted by atomic mass is 19.4. The fourth-order valence-electron chi connectivity index (χ4n) is 3.70. The van der Waals surface area contributed by atoms with Gasteiger partial charge in [-0.3, -0.25) is 0 Å². The third-order valence-electron chi connectivity index (χ3n) is 5.26. The zero-order valence-electron chi connectivity index (χ0n) is 14.8. The molecule has 0 aliphatic heterocycles. The second-order valence-corrected chi connectivity index (χ2v) is 7.20. The van der Waals surface area contributed by atoms with E-state index < -0.39 is 11.7 Å². The van der Waals surface area contributed by atoms with Crippen molar-refractivity contribution in [3.63, 3.8) is 0 Å². The van der Waals surface area contributed by atoms with Crippen LogP contribution in [-0.2, 0) is 6.18 Å². The van der Waals surface area contributed by atoms with Crippen LogP contribution in [0.3, 0.4) is 0 Å². The van der Waals surface area contributed by atoms with E-state index in [1.807, 2.05) is 6.92 Å². The van der Waals surface area contributed by atoms with E-state index in [1.54, 1.807) is 12.1 Å². The van der Waals surface area contributed by atoms with Gasteiger partial charge in [0.25, 0.3) is 0 Å². The predicted octanol–water partition coefficient (Wildman–Crippen LogP) is 7.50. The third-order valence-corrected chi connectivity index (χ3v) is 5.26. The van der Waals surface area contributed by atoms with Gasteiger partial charge in [0.1, 0.15) is 0 Å². The number of hydrogen-bond acceptors (Lipinski definition) is 0. The Morgan fingerprint density at radius 1 is 1.04 bits per heavy atom. The Bertz CT molecular complexity index is 517. The van der Waals surface area contributed by atoms with Crippen LogP contribution in [-0.4, -0.2) is 0 Å². The van der Waals surface area contributed by atoms with Crippen molar-refractivity contribution < 1.29 is 13.2 Å². The van der Waals surface area contributed by atoms with Gasteiger partial charge in [0, 0.05) is 0 Å². The summed E-state index contributed by atoms with van der Waals surface area (Å²) in [4.78, 5) is 0. The molecule has 0 heterocycles. The number of hydrogen-bond donors (Lipinski definition) is 0. The third kappa shape index (κ3) is 5.68. The van der Waals surface area contributed by atoms with Crippen LogP contribution in [0, 0.1) is 11.8 Å². The van der Waals surface area contributed by atoms with Crippen molar-refractivity contribution in [3.05, 3.63) is 41.5 Å². The molecular formula is C21H29F3. The highest BCUT2D eigenvalue weighted by Gasteiger charge is 2.30. The van der Waals surface area contributed by atoms with Gasteiger partial charge in [-0.2, -0.15) is 13.2 Å². The van der Waals surface area contributed by atoms with Crippen molar-refractivity contribution in [3.8, 4) is 0 Å². The Kier molecular flexibility index (Phi) is 6.94. The van der Waals surface area contributed by atoms with Gasteiger partial charge in [-0.15, -0.1) is 0 Å². The summed E-state index contributed by atoms with van der Waals surface area (Å²) in [5, 5.41) is 0. The fraction of sp³-hybridized carbons (Fsp3) is 0.619. The molecule has 2 rings (SSSR count). The van der Waals surface area contributed by atoms with E-state index >= 15 is 0 Å². The van der Waals surface area contributed by atoms with Crippen LogP contribution in [0.5, 0.6) is 0 Å². The maximum atomic E-state index is 12.6. The van der Waals surface area contributed by atoms with Crippen molar-refractivity contribution in [1.29, 1.82) is 0 Å². The van der Waals surface area contributed by atoms with Crippen molar-refractivity contribution in [2.75, 3.05) is 0 Å². The maximum Gasteiger partial charge on any atom is 0.416 e. The van der Waals surface area contributed by atoms with Gasteiger partial charge >= 0.3 is 6.18 Å². The Balaban J connectivity index is 1.88. The molecule has 1 aliphatic carbocycles. The molecule has 1 saturated carbocycles. The van der Waals surface area contributed by atoms with E-state index in [0.717, 1.165) is 17.1 Å². The SMILES string of the molecule is CCCCCC1CCC(C=C(C)c2ccc(C(F)(F)F)cc2)CC1. The lowest BCUT2D eigenvalue weighted by molar-refractivity contribution is -0.137. The molecule has 1 aliphatic rings. The van der Waals surface area contributed by atoms with Crippen LogP contribution in [0.1, 0.15) is 76.3 Å². The minimum Gasteiger partial charge on any atom is -0.166 e. The molecule has 3 heteroatoms. The summed E-state index contributed by atoms with van der Waals surface area (Å²) in [6, 6.07) is 5.53. The van der Waals surface area contributed by atoms with Crippen LogP contribution < -0.4 is 0 Å². The van der Waals surface area contributed by atoms with Gasteiger partial charge in [-0.25, -0.2) is 0 Å². The Morgan fingerprint density at radius 3 is 2.21 bits per heavy atom. The molecule has 0 spiro atoms. The maximum absolute atomic E-state index is 12.6. The summed E-state index contributed by atoms with van der Waals surface area (Å²) in [5.74, 6) is 1.46. The van der Waals surface area contributed by atoms with Crippen molar-refractivity contribution in [2.24, 2.45) is 11.8 Å². The molecule has 0 nitrogen and oxygen atoms in total. The van der Waals surface area contributed by atoms with E-state index in [1.165, 1.54) is 63.5 Å². The smallest absolute Gasteiger partial charge is 0.166 e.